The van der Waals surface area contributed by atoms with E-state index in [1.807, 2.05) is 48.5 Å². The van der Waals surface area contributed by atoms with E-state index in [0.29, 0.717) is 12.3 Å². The fraction of sp³-hybridized carbons (Fsp3) is 0.250. The van der Waals surface area contributed by atoms with Gasteiger partial charge in [-0.3, -0.25) is 0 Å². The third-order valence-corrected chi connectivity index (χ3v) is 5.96. The topological polar surface area (TPSA) is 32.3 Å². The SMILES string of the molecule is CC(C)c1ccc(C(CC(O)c2ccc(Br)cc2)Nc2ccc(Br)cc2)cc1. The average Bonchev–Trinajstić information content (AvgIpc) is 2.69. The van der Waals surface area contributed by atoms with Crippen LogP contribution in [-0.4, -0.2) is 5.11 Å². The number of aliphatic hydroxyl groups is 1. The molecule has 0 aliphatic carbocycles. The minimum absolute atomic E-state index is 0.000958. The summed E-state index contributed by atoms with van der Waals surface area (Å²) in [5, 5.41) is 14.4. The van der Waals surface area contributed by atoms with E-state index < -0.39 is 6.10 Å². The van der Waals surface area contributed by atoms with Crippen molar-refractivity contribution in [3.05, 3.63) is 98.4 Å². The summed E-state index contributed by atoms with van der Waals surface area (Å²) in [5.41, 5.74) is 4.44. The third-order valence-electron chi connectivity index (χ3n) is 4.90. The first-order chi connectivity index (χ1) is 13.4. The molecule has 0 bridgehead atoms. The molecule has 0 amide bonds. The summed E-state index contributed by atoms with van der Waals surface area (Å²) in [4.78, 5) is 0. The van der Waals surface area contributed by atoms with Gasteiger partial charge in [-0.05, 0) is 59.0 Å². The molecule has 3 rings (SSSR count). The molecule has 0 aromatic heterocycles. The van der Waals surface area contributed by atoms with E-state index in [4.69, 9.17) is 0 Å². The number of hydrogen-bond donors (Lipinski definition) is 2. The van der Waals surface area contributed by atoms with E-state index >= 15 is 0 Å². The Hall–Kier alpha value is -1.62. The summed E-state index contributed by atoms with van der Waals surface area (Å²) < 4.78 is 2.06. The molecule has 2 nitrogen and oxygen atoms in total. The van der Waals surface area contributed by atoms with Crippen molar-refractivity contribution < 1.29 is 5.11 Å². The van der Waals surface area contributed by atoms with Gasteiger partial charge in [0.15, 0.2) is 0 Å². The highest BCUT2D eigenvalue weighted by molar-refractivity contribution is 9.10. The standard InChI is InChI=1S/C24H25Br2NO/c1-16(2)17-3-5-18(6-4-17)23(27-22-13-11-21(26)12-14-22)15-24(28)19-7-9-20(25)10-8-19/h3-14,16,23-24,27-28H,15H2,1-2H3. The fourth-order valence-corrected chi connectivity index (χ4v) is 3.71. The lowest BCUT2D eigenvalue weighted by molar-refractivity contribution is 0.160. The second kappa shape index (κ2) is 9.73. The molecule has 0 aliphatic rings. The highest BCUT2D eigenvalue weighted by Gasteiger charge is 2.18. The van der Waals surface area contributed by atoms with Gasteiger partial charge in [0.25, 0.3) is 0 Å². The fourth-order valence-electron chi connectivity index (χ4n) is 3.18. The van der Waals surface area contributed by atoms with Gasteiger partial charge in [-0.2, -0.15) is 0 Å². The maximum Gasteiger partial charge on any atom is 0.0813 e. The van der Waals surface area contributed by atoms with Crippen molar-refractivity contribution >= 4 is 37.5 Å². The van der Waals surface area contributed by atoms with Crippen molar-refractivity contribution in [2.24, 2.45) is 0 Å². The molecule has 0 fully saturated rings. The second-order valence-electron chi connectivity index (χ2n) is 7.33. The van der Waals surface area contributed by atoms with Crippen LogP contribution in [-0.2, 0) is 0 Å². The van der Waals surface area contributed by atoms with Gasteiger partial charge in [0.1, 0.15) is 0 Å². The van der Waals surface area contributed by atoms with Crippen LogP contribution in [0.15, 0.2) is 81.7 Å². The predicted molar refractivity (Wildman–Crippen MR) is 125 cm³/mol. The minimum Gasteiger partial charge on any atom is -0.388 e. The van der Waals surface area contributed by atoms with Crippen LogP contribution in [0.25, 0.3) is 0 Å². The van der Waals surface area contributed by atoms with Crippen molar-refractivity contribution in [2.45, 2.75) is 38.3 Å². The molecule has 146 valence electrons. The zero-order valence-electron chi connectivity index (χ0n) is 16.1. The van der Waals surface area contributed by atoms with E-state index in [-0.39, 0.29) is 6.04 Å². The number of halogens is 2. The monoisotopic (exact) mass is 501 g/mol. The highest BCUT2D eigenvalue weighted by atomic mass is 79.9. The van der Waals surface area contributed by atoms with Crippen LogP contribution in [0.3, 0.4) is 0 Å². The molecular weight excluding hydrogens is 478 g/mol. The van der Waals surface area contributed by atoms with Crippen LogP contribution >= 0.6 is 31.9 Å². The summed E-state index contributed by atoms with van der Waals surface area (Å²) >= 11 is 6.94. The first-order valence-electron chi connectivity index (χ1n) is 9.48. The number of hydrogen-bond acceptors (Lipinski definition) is 2. The summed E-state index contributed by atoms with van der Waals surface area (Å²) in [6, 6.07) is 24.7. The Balaban J connectivity index is 1.84. The van der Waals surface area contributed by atoms with Crippen molar-refractivity contribution in [1.29, 1.82) is 0 Å². The predicted octanol–water partition coefficient (Wildman–Crippen LogP) is 7.61. The average molecular weight is 503 g/mol. The Labute approximate surface area is 184 Å². The number of nitrogens with one attached hydrogen (secondary N) is 1. The Morgan fingerprint density at radius 1 is 0.714 bits per heavy atom. The van der Waals surface area contributed by atoms with Crippen LogP contribution in [0.2, 0.25) is 0 Å². The summed E-state index contributed by atoms with van der Waals surface area (Å²) in [5.74, 6) is 0.500. The largest absolute Gasteiger partial charge is 0.388 e. The van der Waals surface area contributed by atoms with Gasteiger partial charge in [0.05, 0.1) is 12.1 Å². The van der Waals surface area contributed by atoms with Crippen LogP contribution in [0, 0.1) is 0 Å². The van der Waals surface area contributed by atoms with Crippen LogP contribution in [0.4, 0.5) is 5.69 Å². The second-order valence-corrected chi connectivity index (χ2v) is 9.16. The minimum atomic E-state index is -0.550. The smallest absolute Gasteiger partial charge is 0.0813 e. The third kappa shape index (κ3) is 5.69. The number of rotatable bonds is 7. The zero-order valence-corrected chi connectivity index (χ0v) is 19.2. The molecule has 0 spiro atoms. The lowest BCUT2D eigenvalue weighted by atomic mass is 9.94. The zero-order chi connectivity index (χ0) is 20.1. The van der Waals surface area contributed by atoms with E-state index in [0.717, 1.165) is 20.2 Å². The maximum absolute atomic E-state index is 10.8. The lowest BCUT2D eigenvalue weighted by Gasteiger charge is -2.24. The molecule has 3 aromatic carbocycles. The van der Waals surface area contributed by atoms with E-state index in [1.54, 1.807) is 0 Å². The molecule has 0 saturated heterocycles. The molecule has 2 N–H and O–H groups in total. The van der Waals surface area contributed by atoms with Crippen LogP contribution in [0.5, 0.6) is 0 Å². The Morgan fingerprint density at radius 3 is 1.71 bits per heavy atom. The number of aliphatic hydroxyl groups excluding tert-OH is 1. The summed E-state index contributed by atoms with van der Waals surface area (Å²) in [6.45, 7) is 4.40. The Morgan fingerprint density at radius 2 is 1.18 bits per heavy atom. The number of anilines is 1. The van der Waals surface area contributed by atoms with Gasteiger partial charge < -0.3 is 10.4 Å². The van der Waals surface area contributed by atoms with Gasteiger partial charge in [0, 0.05) is 21.1 Å². The van der Waals surface area contributed by atoms with Crippen LogP contribution in [0.1, 0.15) is 55.0 Å². The normalized spacial score (nSPS) is 13.4. The molecule has 0 saturated carbocycles. The Bertz CT molecular complexity index is 874. The molecule has 0 radical (unpaired) electrons. The lowest BCUT2D eigenvalue weighted by Crippen LogP contribution is -2.15. The van der Waals surface area contributed by atoms with E-state index in [1.165, 1.54) is 11.1 Å². The quantitative estimate of drug-likeness (QED) is 0.348. The van der Waals surface area contributed by atoms with E-state index in [9.17, 15) is 5.11 Å². The van der Waals surface area contributed by atoms with Gasteiger partial charge >= 0.3 is 0 Å². The van der Waals surface area contributed by atoms with Gasteiger partial charge in [0.2, 0.25) is 0 Å². The van der Waals surface area contributed by atoms with Gasteiger partial charge in [-0.25, -0.2) is 0 Å². The maximum atomic E-state index is 10.8. The van der Waals surface area contributed by atoms with Crippen molar-refractivity contribution in [3.8, 4) is 0 Å². The van der Waals surface area contributed by atoms with Crippen molar-refractivity contribution in [1.82, 2.24) is 0 Å². The molecular formula is C24H25Br2NO. The first-order valence-corrected chi connectivity index (χ1v) is 11.1. The molecule has 2 atom stereocenters. The van der Waals surface area contributed by atoms with Gasteiger partial charge in [-0.1, -0.05) is 82.1 Å². The number of benzene rings is 3. The van der Waals surface area contributed by atoms with Gasteiger partial charge in [-0.15, -0.1) is 0 Å². The molecule has 2 unspecified atom stereocenters. The van der Waals surface area contributed by atoms with E-state index in [2.05, 4.69) is 75.3 Å². The Kier molecular flexibility index (Phi) is 7.33. The van der Waals surface area contributed by atoms with Crippen molar-refractivity contribution in [2.75, 3.05) is 5.32 Å². The van der Waals surface area contributed by atoms with Crippen LogP contribution < -0.4 is 5.32 Å². The summed E-state index contributed by atoms with van der Waals surface area (Å²) in [7, 11) is 0. The molecule has 4 heteroatoms. The first kappa shape index (κ1) is 21.1. The molecule has 28 heavy (non-hydrogen) atoms. The molecule has 0 aliphatic heterocycles. The molecule has 3 aromatic rings. The van der Waals surface area contributed by atoms with Crippen molar-refractivity contribution in [3.63, 3.8) is 0 Å². The highest BCUT2D eigenvalue weighted by Crippen LogP contribution is 2.31. The summed E-state index contributed by atoms with van der Waals surface area (Å²) in [6.07, 6.45) is 0.0319. The molecule has 0 heterocycles.